The van der Waals surface area contributed by atoms with Crippen molar-refractivity contribution in [1.29, 1.82) is 0 Å². The Balaban J connectivity index is 1.50. The van der Waals surface area contributed by atoms with Gasteiger partial charge in [-0.05, 0) is 92.8 Å². The molecule has 0 aromatic carbocycles. The average molecular weight is 363 g/mol. The van der Waals surface area contributed by atoms with Gasteiger partial charge in [0.25, 0.3) is 0 Å². The number of carbonyl (C=O) groups is 1. The molecule has 0 saturated heterocycles. The van der Waals surface area contributed by atoms with Crippen LogP contribution in [0.15, 0.2) is 0 Å². The molecular formula is C23H38O3. The average Bonchev–Trinajstić information content (AvgIpc) is 2.98. The summed E-state index contributed by atoms with van der Waals surface area (Å²) in [5, 5.41) is 10.9. The second-order valence-corrected chi connectivity index (χ2v) is 10.3. The third kappa shape index (κ3) is 2.89. The Morgan fingerprint density at radius 3 is 2.54 bits per heavy atom. The first kappa shape index (κ1) is 18.9. The maximum absolute atomic E-state index is 12.6. The summed E-state index contributed by atoms with van der Waals surface area (Å²) in [5.74, 6) is 4.77. The van der Waals surface area contributed by atoms with E-state index in [0.29, 0.717) is 30.6 Å². The molecule has 0 amide bonds. The minimum absolute atomic E-state index is 0.270. The van der Waals surface area contributed by atoms with Gasteiger partial charge in [0.1, 0.15) is 5.78 Å². The van der Waals surface area contributed by atoms with Gasteiger partial charge in [-0.25, -0.2) is 0 Å². The van der Waals surface area contributed by atoms with Crippen molar-refractivity contribution >= 4 is 5.78 Å². The molecule has 1 N–H and O–H groups in total. The van der Waals surface area contributed by atoms with Crippen LogP contribution in [-0.4, -0.2) is 30.2 Å². The summed E-state index contributed by atoms with van der Waals surface area (Å²) in [6, 6.07) is 0. The van der Waals surface area contributed by atoms with Crippen LogP contribution in [0.5, 0.6) is 0 Å². The predicted molar refractivity (Wildman–Crippen MR) is 103 cm³/mol. The van der Waals surface area contributed by atoms with Crippen molar-refractivity contribution in [3.63, 3.8) is 0 Å². The van der Waals surface area contributed by atoms with Crippen LogP contribution in [0, 0.1) is 40.9 Å². The van der Waals surface area contributed by atoms with Crippen molar-refractivity contribution in [3.05, 3.63) is 0 Å². The largest absolute Gasteiger partial charge is 0.387 e. The van der Waals surface area contributed by atoms with Gasteiger partial charge in [0.15, 0.2) is 0 Å². The molecule has 4 saturated carbocycles. The van der Waals surface area contributed by atoms with Crippen molar-refractivity contribution in [1.82, 2.24) is 0 Å². The molecule has 3 heteroatoms. The van der Waals surface area contributed by atoms with E-state index in [0.717, 1.165) is 42.9 Å². The number of hydrogen-bond donors (Lipinski definition) is 1. The minimum atomic E-state index is -0.585. The third-order valence-corrected chi connectivity index (χ3v) is 9.25. The van der Waals surface area contributed by atoms with Crippen LogP contribution >= 0.6 is 0 Å². The lowest BCUT2D eigenvalue weighted by Crippen LogP contribution is -2.52. The molecule has 4 rings (SSSR count). The van der Waals surface area contributed by atoms with Gasteiger partial charge in [-0.1, -0.05) is 13.8 Å². The zero-order valence-electron chi connectivity index (χ0n) is 17.0. The lowest BCUT2D eigenvalue weighted by Gasteiger charge is -2.57. The van der Waals surface area contributed by atoms with Crippen molar-refractivity contribution in [2.24, 2.45) is 40.9 Å². The smallest absolute Gasteiger partial charge is 0.136 e. The van der Waals surface area contributed by atoms with Crippen molar-refractivity contribution in [3.8, 4) is 0 Å². The van der Waals surface area contributed by atoms with E-state index in [1.54, 1.807) is 7.11 Å². The fourth-order valence-electron chi connectivity index (χ4n) is 8.14. The van der Waals surface area contributed by atoms with Crippen molar-refractivity contribution in [2.75, 3.05) is 13.7 Å². The van der Waals surface area contributed by atoms with Crippen LogP contribution in [-0.2, 0) is 9.53 Å². The van der Waals surface area contributed by atoms with E-state index in [4.69, 9.17) is 4.74 Å². The second-order valence-electron chi connectivity index (χ2n) is 10.3. The maximum atomic E-state index is 12.6. The van der Waals surface area contributed by atoms with Crippen LogP contribution < -0.4 is 0 Å². The number of methoxy groups -OCH3 is 1. The highest BCUT2D eigenvalue weighted by molar-refractivity contribution is 5.81. The van der Waals surface area contributed by atoms with Gasteiger partial charge in [0.05, 0.1) is 12.2 Å². The van der Waals surface area contributed by atoms with E-state index in [-0.39, 0.29) is 5.41 Å². The van der Waals surface area contributed by atoms with Crippen LogP contribution in [0.4, 0.5) is 0 Å². The number of fused-ring (bicyclic) bond motifs is 5. The number of aliphatic hydroxyl groups is 1. The van der Waals surface area contributed by atoms with Gasteiger partial charge in [0, 0.05) is 19.4 Å². The van der Waals surface area contributed by atoms with E-state index in [9.17, 15) is 9.90 Å². The summed E-state index contributed by atoms with van der Waals surface area (Å²) in [4.78, 5) is 12.6. The van der Waals surface area contributed by atoms with E-state index >= 15 is 0 Å². The Labute approximate surface area is 159 Å². The maximum Gasteiger partial charge on any atom is 0.136 e. The van der Waals surface area contributed by atoms with Gasteiger partial charge in [-0.2, -0.15) is 0 Å². The fourth-order valence-corrected chi connectivity index (χ4v) is 8.14. The number of ketones is 1. The molecule has 0 bridgehead atoms. The highest BCUT2D eigenvalue weighted by atomic mass is 16.5. The third-order valence-electron chi connectivity index (χ3n) is 9.25. The van der Waals surface area contributed by atoms with Crippen LogP contribution in [0.25, 0.3) is 0 Å². The number of Topliss-reactive ketones (excluding diaryl/α,β-unsaturated/α-hetero) is 1. The SMILES string of the molecule is CCC(=O)C1CCC2C3CCC4CC(O)(COC)CCC4C3CCC12C. The summed E-state index contributed by atoms with van der Waals surface area (Å²) >= 11 is 0. The number of rotatable bonds is 4. The first-order chi connectivity index (χ1) is 12.4. The topological polar surface area (TPSA) is 46.5 Å². The first-order valence-electron chi connectivity index (χ1n) is 11.2. The molecule has 8 unspecified atom stereocenters. The minimum Gasteiger partial charge on any atom is -0.387 e. The first-order valence-corrected chi connectivity index (χ1v) is 11.2. The molecule has 3 nitrogen and oxygen atoms in total. The van der Waals surface area contributed by atoms with E-state index in [1.165, 1.54) is 38.5 Å². The summed E-state index contributed by atoms with van der Waals surface area (Å²) in [6.45, 7) is 4.98. The molecule has 0 spiro atoms. The molecule has 0 radical (unpaired) electrons. The molecule has 0 aliphatic heterocycles. The lowest BCUT2D eigenvalue weighted by atomic mass is 9.49. The summed E-state index contributed by atoms with van der Waals surface area (Å²) in [5.41, 5.74) is -0.315. The zero-order valence-corrected chi connectivity index (χ0v) is 17.0. The highest BCUT2D eigenvalue weighted by Crippen LogP contribution is 2.64. The molecule has 4 aliphatic rings. The predicted octanol–water partition coefficient (Wildman–Crippen LogP) is 4.61. The van der Waals surface area contributed by atoms with E-state index in [2.05, 4.69) is 6.92 Å². The molecule has 0 heterocycles. The number of carbonyl (C=O) groups excluding carboxylic acids is 1. The molecule has 0 aromatic heterocycles. The van der Waals surface area contributed by atoms with Gasteiger partial charge in [0.2, 0.25) is 0 Å². The fraction of sp³-hybridized carbons (Fsp3) is 0.957. The summed E-state index contributed by atoms with van der Waals surface area (Å²) in [6.07, 6.45) is 11.3. The van der Waals surface area contributed by atoms with Gasteiger partial charge < -0.3 is 9.84 Å². The zero-order chi connectivity index (χ0) is 18.5. The monoisotopic (exact) mass is 362 g/mol. The van der Waals surface area contributed by atoms with Crippen molar-refractivity contribution in [2.45, 2.75) is 83.7 Å². The van der Waals surface area contributed by atoms with Gasteiger partial charge in [-0.3, -0.25) is 4.79 Å². The molecular weight excluding hydrogens is 324 g/mol. The Morgan fingerprint density at radius 1 is 1.04 bits per heavy atom. The summed E-state index contributed by atoms with van der Waals surface area (Å²) in [7, 11) is 1.71. The number of hydrogen-bond acceptors (Lipinski definition) is 3. The van der Waals surface area contributed by atoms with Crippen LogP contribution in [0.2, 0.25) is 0 Å². The van der Waals surface area contributed by atoms with Gasteiger partial charge in [-0.15, -0.1) is 0 Å². The Hall–Kier alpha value is -0.410. The molecule has 26 heavy (non-hydrogen) atoms. The summed E-state index contributed by atoms with van der Waals surface area (Å²) < 4.78 is 5.30. The molecule has 4 fully saturated rings. The normalized spacial score (nSPS) is 50.6. The molecule has 8 atom stereocenters. The number of ether oxygens (including phenoxy) is 1. The lowest BCUT2D eigenvalue weighted by molar-refractivity contribution is -0.136. The Kier molecular flexibility index (Phi) is 5.01. The Bertz CT molecular complexity index is 546. The van der Waals surface area contributed by atoms with Crippen LogP contribution in [0.1, 0.15) is 78.1 Å². The molecule has 148 valence electrons. The molecule has 0 aromatic rings. The van der Waals surface area contributed by atoms with Gasteiger partial charge >= 0.3 is 0 Å². The van der Waals surface area contributed by atoms with E-state index in [1.807, 2.05) is 6.92 Å². The Morgan fingerprint density at radius 2 is 1.81 bits per heavy atom. The molecule has 4 aliphatic carbocycles. The van der Waals surface area contributed by atoms with Crippen molar-refractivity contribution < 1.29 is 14.6 Å². The standard InChI is InChI=1S/C23H38O3/c1-4-21(24)20-8-7-19-18-6-5-15-13-23(25,14-26-3)12-10-16(15)17(18)9-11-22(19,20)2/h15-20,25H,4-14H2,1-3H3. The van der Waals surface area contributed by atoms with Crippen LogP contribution in [0.3, 0.4) is 0 Å². The van der Waals surface area contributed by atoms with E-state index < -0.39 is 5.60 Å². The quantitative estimate of drug-likeness (QED) is 0.794. The second kappa shape index (κ2) is 6.88. The highest BCUT2D eigenvalue weighted by Gasteiger charge is 2.58.